The van der Waals surface area contributed by atoms with Crippen molar-refractivity contribution in [1.82, 2.24) is 0 Å². The van der Waals surface area contributed by atoms with Gasteiger partial charge in [0.1, 0.15) is 23.5 Å². The van der Waals surface area contributed by atoms with Crippen molar-refractivity contribution in [1.29, 1.82) is 0 Å². The van der Waals surface area contributed by atoms with E-state index >= 15 is 0 Å². The lowest BCUT2D eigenvalue weighted by molar-refractivity contribution is -0.137. The summed E-state index contributed by atoms with van der Waals surface area (Å²) in [5, 5.41) is 32.7. The molecule has 2 unspecified atom stereocenters. The Morgan fingerprint density at radius 3 is 1.65 bits per heavy atom. The van der Waals surface area contributed by atoms with Crippen LogP contribution in [-0.4, -0.2) is 129 Å². The summed E-state index contributed by atoms with van der Waals surface area (Å²) in [6.45, 7) is 5.64. The summed E-state index contributed by atoms with van der Waals surface area (Å²) in [6.07, 6.45) is 1.96. The van der Waals surface area contributed by atoms with E-state index in [4.69, 9.17) is 20.4 Å². The molecular weight excluding hydrogens is 801 g/mol. The molecule has 0 rings (SSSR count). The third kappa shape index (κ3) is 59.9. The molecule has 0 aliphatic rings. The van der Waals surface area contributed by atoms with Gasteiger partial charge >= 0.3 is 23.9 Å². The summed E-state index contributed by atoms with van der Waals surface area (Å²) in [6, 6.07) is 0. The van der Waals surface area contributed by atoms with Gasteiger partial charge in [0, 0.05) is 29.4 Å². The second kappa shape index (κ2) is 45.6. The Labute approximate surface area is 310 Å². The van der Waals surface area contributed by atoms with Gasteiger partial charge in [-0.05, 0) is 37.5 Å². The highest BCUT2D eigenvalue weighted by Crippen LogP contribution is 2.31. The van der Waals surface area contributed by atoms with E-state index in [9.17, 15) is 38.4 Å². The monoisotopic (exact) mass is 840 g/mol. The lowest BCUT2D eigenvalue weighted by atomic mass is 10.3. The first-order valence-electron chi connectivity index (χ1n) is 13.1. The fourth-order valence-corrected chi connectivity index (χ4v) is 8.61. The Kier molecular flexibility index (Phi) is 50.6. The van der Waals surface area contributed by atoms with Crippen molar-refractivity contribution in [3.8, 4) is 0 Å². The molecule has 0 bridgehead atoms. The number of aliphatic carboxylic acids is 4. The Morgan fingerprint density at radius 1 is 0.583 bits per heavy atom. The van der Waals surface area contributed by atoms with E-state index in [1.807, 2.05) is 0 Å². The van der Waals surface area contributed by atoms with Crippen molar-refractivity contribution in [3.63, 3.8) is 0 Å². The quantitative estimate of drug-likeness (QED) is 0.0250. The summed E-state index contributed by atoms with van der Waals surface area (Å²) in [5.74, 6) is 0.00633. The summed E-state index contributed by atoms with van der Waals surface area (Å²) in [4.78, 5) is 79.2. The van der Waals surface area contributed by atoms with Crippen LogP contribution in [0.2, 0.25) is 0 Å². The van der Waals surface area contributed by atoms with Gasteiger partial charge in [-0.2, -0.15) is 0 Å². The first-order valence-corrected chi connectivity index (χ1v) is 22.8. The summed E-state index contributed by atoms with van der Waals surface area (Å²) < 4.78 is 17.8. The molecule has 24 heteroatoms. The van der Waals surface area contributed by atoms with Crippen LogP contribution in [0.15, 0.2) is 0 Å². The molecule has 0 fully saturated rings. The molecular formula is C24H40O16S8. The van der Waals surface area contributed by atoms with E-state index in [-0.39, 0.29) is 30.0 Å². The minimum Gasteiger partial charge on any atom is -0.481 e. The number of hydrogen-bond acceptors (Lipinski definition) is 20. The van der Waals surface area contributed by atoms with E-state index in [1.54, 1.807) is 35.4 Å². The van der Waals surface area contributed by atoms with Gasteiger partial charge in [0.05, 0.1) is 13.0 Å². The Balaban J connectivity index is -0.000000271. The van der Waals surface area contributed by atoms with Crippen molar-refractivity contribution in [3.05, 3.63) is 0 Å². The van der Waals surface area contributed by atoms with Crippen molar-refractivity contribution in [2.75, 3.05) is 47.9 Å². The maximum atomic E-state index is 10.3. The highest BCUT2D eigenvalue weighted by Gasteiger charge is 2.14. The number of rotatable bonds is 30. The third-order valence-electron chi connectivity index (χ3n) is 3.47. The molecule has 0 aromatic carbocycles. The molecule has 48 heavy (non-hydrogen) atoms. The molecule has 280 valence electrons. The number of carboxylic acids is 4. The van der Waals surface area contributed by atoms with Crippen LogP contribution in [0.5, 0.6) is 0 Å². The Bertz CT molecular complexity index is 844. The maximum absolute atomic E-state index is 10.3. The molecule has 0 aromatic rings. The molecule has 0 heterocycles. The SMILES string of the molecule is CC(OC=O)SSC(C)C(=O)O.O=COCCCSSCCCC(=O)O.O=COCCSSCCC(=O)O.O=COCSSCC(=O)O. The number of ether oxygens (including phenoxy) is 4. The summed E-state index contributed by atoms with van der Waals surface area (Å²) in [7, 11) is 11.0. The van der Waals surface area contributed by atoms with Gasteiger partial charge in [-0.3, -0.25) is 38.4 Å². The van der Waals surface area contributed by atoms with E-state index in [0.717, 1.165) is 28.7 Å². The van der Waals surface area contributed by atoms with Gasteiger partial charge < -0.3 is 39.4 Å². The molecule has 0 amide bonds. The minimum atomic E-state index is -0.872. The third-order valence-corrected chi connectivity index (χ3v) is 13.3. The first-order chi connectivity index (χ1) is 22.9. The average Bonchev–Trinajstić information content (AvgIpc) is 3.03. The lowest BCUT2D eigenvalue weighted by Gasteiger charge is -2.09. The molecule has 16 nitrogen and oxygen atoms in total. The molecule has 0 aliphatic carbocycles. The highest BCUT2D eigenvalue weighted by atomic mass is 33.1. The smallest absolute Gasteiger partial charge is 0.317 e. The molecule has 0 saturated carbocycles. The number of hydrogen-bond donors (Lipinski definition) is 4. The Hall–Kier alpha value is -1.44. The van der Waals surface area contributed by atoms with Crippen molar-refractivity contribution in [2.45, 2.75) is 50.2 Å². The van der Waals surface area contributed by atoms with Crippen LogP contribution in [0.3, 0.4) is 0 Å². The van der Waals surface area contributed by atoms with Gasteiger partial charge in [0.2, 0.25) is 0 Å². The molecule has 4 N–H and O–H groups in total. The molecule has 0 radical (unpaired) electrons. The van der Waals surface area contributed by atoms with Gasteiger partial charge in [-0.25, -0.2) is 0 Å². The van der Waals surface area contributed by atoms with Crippen LogP contribution >= 0.6 is 86.4 Å². The predicted molar refractivity (Wildman–Crippen MR) is 196 cm³/mol. The highest BCUT2D eigenvalue weighted by molar-refractivity contribution is 8.77. The van der Waals surface area contributed by atoms with E-state index in [2.05, 4.69) is 18.9 Å². The zero-order valence-corrected chi connectivity index (χ0v) is 32.4. The largest absolute Gasteiger partial charge is 0.481 e. The van der Waals surface area contributed by atoms with Crippen LogP contribution in [0, 0.1) is 0 Å². The molecule has 0 spiro atoms. The molecule has 0 aliphatic heterocycles. The van der Waals surface area contributed by atoms with Crippen LogP contribution in [-0.2, 0) is 57.3 Å². The van der Waals surface area contributed by atoms with E-state index < -0.39 is 29.1 Å². The lowest BCUT2D eigenvalue weighted by Crippen LogP contribution is -2.11. The second-order valence-electron chi connectivity index (χ2n) is 7.34. The van der Waals surface area contributed by atoms with Gasteiger partial charge in [-0.1, -0.05) is 75.6 Å². The zero-order valence-electron chi connectivity index (χ0n) is 25.9. The standard InChI is InChI=1S/C8H14O4S2.2C6H10O4S2.C4H6O4S2/c9-7-12-4-2-6-14-13-5-1-3-8(10)11;1-4(6(8)9)11-12-5(2)10-3-7;7-5-10-2-4-12-11-3-1-6(8)9;5-2-8-3-10-9-1-4(6)7/h7H,1-6H2,(H,10,11);3-5H,1-2H3,(H,8,9);5H,1-4H2,(H,8,9);2H,1,3H2,(H,6,7). The fraction of sp³-hybridized carbons (Fsp3) is 0.667. The zero-order chi connectivity index (χ0) is 37.3. The summed E-state index contributed by atoms with van der Waals surface area (Å²) >= 11 is 0. The number of carbonyl (C=O) groups excluding carboxylic acids is 4. The minimum absolute atomic E-state index is 0.0207. The fourth-order valence-electron chi connectivity index (χ4n) is 1.51. The van der Waals surface area contributed by atoms with Crippen LogP contribution in [0.25, 0.3) is 0 Å². The first kappa shape index (κ1) is 53.4. The van der Waals surface area contributed by atoms with Gasteiger partial charge in [0.15, 0.2) is 5.44 Å². The number of carboxylic acid groups (broad SMARTS) is 4. The van der Waals surface area contributed by atoms with Crippen molar-refractivity contribution >= 4 is 136 Å². The van der Waals surface area contributed by atoms with E-state index in [1.165, 1.54) is 54.0 Å². The van der Waals surface area contributed by atoms with Gasteiger partial charge in [0.25, 0.3) is 25.9 Å². The normalized spacial score (nSPS) is 10.7. The Morgan fingerprint density at radius 2 is 1.12 bits per heavy atom. The number of carbonyl (C=O) groups is 8. The van der Waals surface area contributed by atoms with Crippen molar-refractivity contribution in [2.24, 2.45) is 0 Å². The summed E-state index contributed by atoms with van der Waals surface area (Å²) in [5.41, 5.74) is -0.311. The topological polar surface area (TPSA) is 254 Å². The molecule has 2 atom stereocenters. The van der Waals surface area contributed by atoms with E-state index in [0.29, 0.717) is 57.0 Å². The van der Waals surface area contributed by atoms with Gasteiger partial charge in [-0.15, -0.1) is 0 Å². The van der Waals surface area contributed by atoms with Crippen LogP contribution in [0.1, 0.15) is 39.5 Å². The average molecular weight is 841 g/mol. The van der Waals surface area contributed by atoms with Crippen LogP contribution in [0.4, 0.5) is 0 Å². The maximum Gasteiger partial charge on any atom is 0.317 e. The second-order valence-corrected chi connectivity index (χ2v) is 18.1. The van der Waals surface area contributed by atoms with Crippen molar-refractivity contribution < 1.29 is 77.7 Å². The van der Waals surface area contributed by atoms with Crippen LogP contribution < -0.4 is 0 Å². The predicted octanol–water partition coefficient (Wildman–Crippen LogP) is 4.75. The molecule has 0 saturated heterocycles. The molecule has 0 aromatic heterocycles.